The molecule has 1 heterocycles. The van der Waals surface area contributed by atoms with Gasteiger partial charge in [0.15, 0.2) is 10.6 Å². The van der Waals surface area contributed by atoms with E-state index in [0.29, 0.717) is 17.7 Å². The highest BCUT2D eigenvalue weighted by Gasteiger charge is 2.11. The first-order valence-corrected chi connectivity index (χ1v) is 9.29. The minimum absolute atomic E-state index is 0.0563. The van der Waals surface area contributed by atoms with E-state index in [0.717, 1.165) is 20.6 Å². The third kappa shape index (κ3) is 4.55. The number of aromatic amines is 1. The molecule has 0 spiro atoms. The number of amides is 1. The van der Waals surface area contributed by atoms with Gasteiger partial charge in [0.05, 0.1) is 0 Å². The summed E-state index contributed by atoms with van der Waals surface area (Å²) in [5.41, 5.74) is 2.94. The van der Waals surface area contributed by atoms with Crippen LogP contribution in [0, 0.1) is 15.3 Å². The molecule has 0 atom stereocenters. The molecule has 3 rings (SSSR count). The van der Waals surface area contributed by atoms with E-state index in [4.69, 9.17) is 12.2 Å². The van der Waals surface area contributed by atoms with Crippen LogP contribution in [0.3, 0.4) is 0 Å². The van der Waals surface area contributed by atoms with E-state index < -0.39 is 0 Å². The highest BCUT2D eigenvalue weighted by molar-refractivity contribution is 14.1. The van der Waals surface area contributed by atoms with Crippen LogP contribution in [-0.4, -0.2) is 20.7 Å². The van der Waals surface area contributed by atoms with Crippen LogP contribution in [0.4, 0.5) is 5.69 Å². The summed E-state index contributed by atoms with van der Waals surface area (Å²) in [6.45, 7) is 2.50. The summed E-state index contributed by atoms with van der Waals surface area (Å²) in [7, 11) is 0. The number of hydrogen-bond acceptors (Lipinski definition) is 3. The van der Waals surface area contributed by atoms with Crippen molar-refractivity contribution >= 4 is 46.4 Å². The quantitative estimate of drug-likeness (QED) is 0.430. The fourth-order valence-electron chi connectivity index (χ4n) is 2.42. The van der Waals surface area contributed by atoms with Gasteiger partial charge in [-0.1, -0.05) is 29.8 Å². The number of H-pyrrole nitrogens is 1. The van der Waals surface area contributed by atoms with Crippen LogP contribution in [0.1, 0.15) is 12.0 Å². The Morgan fingerprint density at radius 2 is 1.88 bits per heavy atom. The highest BCUT2D eigenvalue weighted by Crippen LogP contribution is 2.18. The number of rotatable bonds is 5. The molecule has 0 radical (unpaired) electrons. The Hall–Kier alpha value is -2.00. The Labute approximate surface area is 164 Å². The predicted octanol–water partition coefficient (Wildman–Crippen LogP) is 4.55. The lowest BCUT2D eigenvalue weighted by atomic mass is 10.1. The molecule has 0 aliphatic rings. The molecule has 1 amide bonds. The summed E-state index contributed by atoms with van der Waals surface area (Å²) >= 11 is 7.54. The Kier molecular flexibility index (Phi) is 5.64. The molecule has 0 aliphatic heterocycles. The number of hydrogen-bond donors (Lipinski definition) is 2. The van der Waals surface area contributed by atoms with Crippen molar-refractivity contribution in [2.24, 2.45) is 0 Å². The lowest BCUT2D eigenvalue weighted by Crippen LogP contribution is -2.15. The van der Waals surface area contributed by atoms with Gasteiger partial charge in [0.1, 0.15) is 0 Å². The van der Waals surface area contributed by atoms with Crippen molar-refractivity contribution in [1.29, 1.82) is 0 Å². The second-order valence-electron chi connectivity index (χ2n) is 5.68. The monoisotopic (exact) mass is 464 g/mol. The lowest BCUT2D eigenvalue weighted by Gasteiger charge is -2.08. The van der Waals surface area contributed by atoms with Gasteiger partial charge in [-0.25, -0.2) is 0 Å². The maximum Gasteiger partial charge on any atom is 0.226 e. The Morgan fingerprint density at radius 3 is 2.56 bits per heavy atom. The van der Waals surface area contributed by atoms with Crippen LogP contribution in [0.5, 0.6) is 0 Å². The van der Waals surface area contributed by atoms with Crippen molar-refractivity contribution < 1.29 is 4.79 Å². The minimum Gasteiger partial charge on any atom is -0.326 e. The largest absolute Gasteiger partial charge is 0.326 e. The molecule has 128 valence electrons. The van der Waals surface area contributed by atoms with Crippen LogP contribution in [0.2, 0.25) is 0 Å². The summed E-state index contributed by atoms with van der Waals surface area (Å²) in [6.07, 6.45) is 0.318. The Balaban J connectivity index is 1.70. The van der Waals surface area contributed by atoms with E-state index >= 15 is 0 Å². The van der Waals surface area contributed by atoms with Gasteiger partial charge in [-0.05, 0) is 66.0 Å². The second-order valence-corrected chi connectivity index (χ2v) is 7.31. The summed E-state index contributed by atoms with van der Waals surface area (Å²) in [5, 5.41) is 10.0. The van der Waals surface area contributed by atoms with E-state index in [1.165, 1.54) is 5.56 Å². The molecule has 5 nitrogen and oxygen atoms in total. The van der Waals surface area contributed by atoms with Crippen LogP contribution < -0.4 is 5.32 Å². The van der Waals surface area contributed by atoms with E-state index in [2.05, 4.69) is 38.1 Å². The number of aromatic nitrogens is 3. The molecule has 7 heteroatoms. The molecule has 0 unspecified atom stereocenters. The van der Waals surface area contributed by atoms with Crippen LogP contribution in [0.15, 0.2) is 48.5 Å². The number of carbonyl (C=O) groups is 1. The maximum atomic E-state index is 12.2. The van der Waals surface area contributed by atoms with Gasteiger partial charge in [-0.3, -0.25) is 14.5 Å². The zero-order valence-corrected chi connectivity index (χ0v) is 16.6. The molecular formula is C18H17IN4OS. The third-order valence-corrected chi connectivity index (χ3v) is 4.79. The van der Waals surface area contributed by atoms with Crippen molar-refractivity contribution in [3.05, 3.63) is 62.4 Å². The number of halogens is 1. The fraction of sp³-hybridized carbons (Fsp3) is 0.167. The zero-order chi connectivity index (χ0) is 17.8. The molecule has 2 N–H and O–H groups in total. The average molecular weight is 464 g/mol. The van der Waals surface area contributed by atoms with Gasteiger partial charge in [0.2, 0.25) is 5.91 Å². The number of nitrogens with zero attached hydrogens (tertiary/aromatic N) is 2. The van der Waals surface area contributed by atoms with Crippen molar-refractivity contribution in [3.63, 3.8) is 0 Å². The summed E-state index contributed by atoms with van der Waals surface area (Å²) in [6, 6.07) is 15.8. The van der Waals surface area contributed by atoms with Gasteiger partial charge in [-0.15, -0.1) is 0 Å². The van der Waals surface area contributed by atoms with Gasteiger partial charge < -0.3 is 5.32 Å². The lowest BCUT2D eigenvalue weighted by molar-refractivity contribution is -0.116. The van der Waals surface area contributed by atoms with E-state index in [-0.39, 0.29) is 5.91 Å². The summed E-state index contributed by atoms with van der Waals surface area (Å²) in [4.78, 5) is 12.2. The highest BCUT2D eigenvalue weighted by atomic mass is 127. The van der Waals surface area contributed by atoms with Gasteiger partial charge >= 0.3 is 0 Å². The van der Waals surface area contributed by atoms with Crippen molar-refractivity contribution in [2.45, 2.75) is 19.9 Å². The van der Waals surface area contributed by atoms with E-state index in [1.54, 1.807) is 0 Å². The van der Waals surface area contributed by atoms with Gasteiger partial charge in [0, 0.05) is 27.8 Å². The van der Waals surface area contributed by atoms with Crippen molar-refractivity contribution in [3.8, 4) is 11.4 Å². The number of benzene rings is 2. The number of anilines is 1. The van der Waals surface area contributed by atoms with Crippen LogP contribution in [0.25, 0.3) is 11.4 Å². The minimum atomic E-state index is -0.0563. The molecule has 2 aromatic carbocycles. The SMILES string of the molecule is Cc1ccc(-c2n[nH]c(=S)n2CCC(=O)Nc2ccc(I)cc2)cc1. The zero-order valence-electron chi connectivity index (χ0n) is 13.6. The summed E-state index contributed by atoms with van der Waals surface area (Å²) in [5.74, 6) is 0.686. The standard InChI is InChI=1S/C18H17IN4OS/c1-12-2-4-13(5-3-12)17-21-22-18(25)23(17)11-10-16(24)20-15-8-6-14(19)7-9-15/h2-9H,10-11H2,1H3,(H,20,24)(H,22,25). The first kappa shape index (κ1) is 17.8. The fourth-order valence-corrected chi connectivity index (χ4v) is 3.00. The Bertz CT molecular complexity index is 929. The number of nitrogens with one attached hydrogen (secondary N) is 2. The van der Waals surface area contributed by atoms with E-state index in [9.17, 15) is 4.79 Å². The number of carbonyl (C=O) groups excluding carboxylic acids is 1. The molecule has 25 heavy (non-hydrogen) atoms. The molecule has 3 aromatic rings. The summed E-state index contributed by atoms with van der Waals surface area (Å²) < 4.78 is 3.49. The van der Waals surface area contributed by atoms with Crippen LogP contribution >= 0.6 is 34.8 Å². The van der Waals surface area contributed by atoms with Crippen molar-refractivity contribution in [2.75, 3.05) is 5.32 Å². The van der Waals surface area contributed by atoms with Crippen LogP contribution in [-0.2, 0) is 11.3 Å². The first-order valence-electron chi connectivity index (χ1n) is 7.80. The molecule has 0 aliphatic carbocycles. The van der Waals surface area contributed by atoms with Gasteiger partial charge in [-0.2, -0.15) is 5.10 Å². The van der Waals surface area contributed by atoms with Crippen molar-refractivity contribution in [1.82, 2.24) is 14.8 Å². The second kappa shape index (κ2) is 7.92. The predicted molar refractivity (Wildman–Crippen MR) is 110 cm³/mol. The molecule has 0 bridgehead atoms. The third-order valence-electron chi connectivity index (χ3n) is 3.76. The topological polar surface area (TPSA) is 62.7 Å². The molecule has 0 saturated carbocycles. The normalized spacial score (nSPS) is 10.6. The molecule has 0 fully saturated rings. The smallest absolute Gasteiger partial charge is 0.226 e. The number of aryl methyl sites for hydroxylation is 1. The maximum absolute atomic E-state index is 12.2. The molecular weight excluding hydrogens is 447 g/mol. The van der Waals surface area contributed by atoms with E-state index in [1.807, 2.05) is 60.0 Å². The molecule has 0 saturated heterocycles. The van der Waals surface area contributed by atoms with Gasteiger partial charge in [0.25, 0.3) is 0 Å². The average Bonchev–Trinajstić information content (AvgIpc) is 2.96. The first-order chi connectivity index (χ1) is 12.0. The Morgan fingerprint density at radius 1 is 1.20 bits per heavy atom. The molecule has 1 aromatic heterocycles.